The lowest BCUT2D eigenvalue weighted by Crippen LogP contribution is -2.19. The van der Waals surface area contributed by atoms with Crippen LogP contribution in [-0.2, 0) is 9.53 Å². The Balaban J connectivity index is 2.25. The van der Waals surface area contributed by atoms with Gasteiger partial charge in [-0.2, -0.15) is 0 Å². The third-order valence-corrected chi connectivity index (χ3v) is 1.83. The van der Waals surface area contributed by atoms with Gasteiger partial charge >= 0.3 is 5.97 Å². The normalized spacial score (nSPS) is 23.1. The summed E-state index contributed by atoms with van der Waals surface area (Å²) in [4.78, 5) is 10.8. The van der Waals surface area contributed by atoms with Crippen LogP contribution in [0.1, 0.15) is 26.2 Å². The highest BCUT2D eigenvalue weighted by Gasteiger charge is 2.14. The van der Waals surface area contributed by atoms with Crippen LogP contribution in [0.2, 0.25) is 0 Å². The van der Waals surface area contributed by atoms with Gasteiger partial charge in [-0.25, -0.2) is 4.79 Å². The first-order chi connectivity index (χ1) is 5.83. The Morgan fingerprint density at radius 3 is 3.25 bits per heavy atom. The highest BCUT2D eigenvalue weighted by molar-refractivity contribution is 5.82. The van der Waals surface area contributed by atoms with Crippen LogP contribution < -0.4 is 0 Å². The molecule has 0 bridgehead atoms. The van der Waals surface area contributed by atoms with Gasteiger partial charge in [-0.1, -0.05) is 18.2 Å². The van der Waals surface area contributed by atoms with Gasteiger partial charge in [0.1, 0.15) is 6.10 Å². The van der Waals surface area contributed by atoms with Crippen LogP contribution >= 0.6 is 0 Å². The van der Waals surface area contributed by atoms with Crippen LogP contribution in [0.3, 0.4) is 0 Å². The number of hydrogen-bond donors (Lipinski definition) is 0. The lowest BCUT2D eigenvalue weighted by molar-refractivity contribution is -0.144. The first-order valence-electron chi connectivity index (χ1n) is 4.31. The van der Waals surface area contributed by atoms with Crippen molar-refractivity contribution < 1.29 is 9.53 Å². The highest BCUT2D eigenvalue weighted by atomic mass is 16.5. The first kappa shape index (κ1) is 9.04. The van der Waals surface area contributed by atoms with Gasteiger partial charge in [-0.05, 0) is 19.8 Å². The minimum Gasteiger partial charge on any atom is -0.459 e. The van der Waals surface area contributed by atoms with Gasteiger partial charge in [0.25, 0.3) is 0 Å². The summed E-state index contributed by atoms with van der Waals surface area (Å²) in [6, 6.07) is 0. The Kier molecular flexibility index (Phi) is 3.58. The van der Waals surface area contributed by atoms with Gasteiger partial charge in [0, 0.05) is 12.5 Å². The number of cyclic esters (lactones) is 1. The van der Waals surface area contributed by atoms with E-state index >= 15 is 0 Å². The fourth-order valence-corrected chi connectivity index (χ4v) is 1.19. The van der Waals surface area contributed by atoms with Crippen molar-refractivity contribution in [2.24, 2.45) is 0 Å². The summed E-state index contributed by atoms with van der Waals surface area (Å²) in [5.41, 5.74) is 0. The van der Waals surface area contributed by atoms with Crippen LogP contribution in [0, 0.1) is 0 Å². The molecule has 66 valence electrons. The maximum absolute atomic E-state index is 10.8. The van der Waals surface area contributed by atoms with E-state index in [1.807, 2.05) is 19.1 Å². The summed E-state index contributed by atoms with van der Waals surface area (Å²) < 4.78 is 5.07. The summed E-state index contributed by atoms with van der Waals surface area (Å²) in [5, 5.41) is 0. The van der Waals surface area contributed by atoms with Crippen molar-refractivity contribution in [2.45, 2.75) is 32.3 Å². The van der Waals surface area contributed by atoms with E-state index < -0.39 is 0 Å². The van der Waals surface area contributed by atoms with Crippen LogP contribution in [-0.4, -0.2) is 12.1 Å². The van der Waals surface area contributed by atoms with Gasteiger partial charge < -0.3 is 4.74 Å². The highest BCUT2D eigenvalue weighted by Crippen LogP contribution is 2.12. The number of carbonyl (C=O) groups excluding carboxylic acids is 1. The van der Waals surface area contributed by atoms with Crippen LogP contribution in [0.4, 0.5) is 0 Å². The summed E-state index contributed by atoms with van der Waals surface area (Å²) in [6.07, 6.45) is 10.4. The lowest BCUT2D eigenvalue weighted by atomic mass is 10.1. The van der Waals surface area contributed by atoms with Crippen molar-refractivity contribution in [3.8, 4) is 0 Å². The second kappa shape index (κ2) is 4.75. The number of esters is 1. The fraction of sp³-hybridized carbons (Fsp3) is 0.500. The molecule has 1 rings (SSSR count). The van der Waals surface area contributed by atoms with E-state index in [0.29, 0.717) is 0 Å². The first-order valence-corrected chi connectivity index (χ1v) is 4.31. The lowest BCUT2D eigenvalue weighted by Gasteiger charge is -2.17. The van der Waals surface area contributed by atoms with Gasteiger partial charge in [0.2, 0.25) is 0 Å². The Morgan fingerprint density at radius 2 is 2.58 bits per heavy atom. The zero-order valence-electron chi connectivity index (χ0n) is 7.32. The van der Waals surface area contributed by atoms with E-state index in [1.165, 1.54) is 6.08 Å². The Morgan fingerprint density at radius 1 is 1.75 bits per heavy atom. The van der Waals surface area contributed by atoms with E-state index in [1.54, 1.807) is 0 Å². The minimum absolute atomic E-state index is 0.0960. The van der Waals surface area contributed by atoms with Crippen molar-refractivity contribution in [1.82, 2.24) is 0 Å². The average Bonchev–Trinajstić information content (AvgIpc) is 2.05. The molecule has 0 aliphatic carbocycles. The SMILES string of the molecule is C/C=C\CC[C@@H]1CC=CC(=O)O1. The second-order valence-corrected chi connectivity index (χ2v) is 2.84. The summed E-state index contributed by atoms with van der Waals surface area (Å²) >= 11 is 0. The van der Waals surface area contributed by atoms with E-state index in [9.17, 15) is 4.79 Å². The molecular formula is C10H14O2. The maximum atomic E-state index is 10.8. The predicted octanol–water partition coefficient (Wildman–Crippen LogP) is 2.21. The fourth-order valence-electron chi connectivity index (χ4n) is 1.19. The number of carbonyl (C=O) groups is 1. The molecule has 0 radical (unpaired) electrons. The van der Waals surface area contributed by atoms with Gasteiger partial charge in [0.15, 0.2) is 0 Å². The number of rotatable bonds is 3. The molecule has 12 heavy (non-hydrogen) atoms. The monoisotopic (exact) mass is 166 g/mol. The second-order valence-electron chi connectivity index (χ2n) is 2.84. The molecule has 2 nitrogen and oxygen atoms in total. The molecule has 1 atom stereocenters. The Hall–Kier alpha value is -1.05. The molecule has 1 aliphatic heterocycles. The number of allylic oxidation sites excluding steroid dienone is 2. The molecule has 0 aromatic carbocycles. The minimum atomic E-state index is -0.202. The Bertz CT molecular complexity index is 204. The van der Waals surface area contributed by atoms with Crippen molar-refractivity contribution in [3.05, 3.63) is 24.3 Å². The van der Waals surface area contributed by atoms with E-state index in [4.69, 9.17) is 4.74 Å². The number of hydrogen-bond acceptors (Lipinski definition) is 2. The van der Waals surface area contributed by atoms with Crippen LogP contribution in [0.15, 0.2) is 24.3 Å². The molecule has 1 aliphatic rings. The smallest absolute Gasteiger partial charge is 0.330 e. The molecule has 0 saturated carbocycles. The molecule has 0 unspecified atom stereocenters. The zero-order chi connectivity index (χ0) is 8.81. The van der Waals surface area contributed by atoms with Gasteiger partial charge in [0.05, 0.1) is 0 Å². The topological polar surface area (TPSA) is 26.3 Å². The number of ether oxygens (including phenoxy) is 1. The molecule has 0 aromatic heterocycles. The molecule has 0 fully saturated rings. The molecule has 0 spiro atoms. The Labute approximate surface area is 72.9 Å². The van der Waals surface area contributed by atoms with Crippen molar-refractivity contribution >= 4 is 5.97 Å². The molecular weight excluding hydrogens is 152 g/mol. The van der Waals surface area contributed by atoms with Crippen molar-refractivity contribution in [2.75, 3.05) is 0 Å². The van der Waals surface area contributed by atoms with Crippen LogP contribution in [0.25, 0.3) is 0 Å². The van der Waals surface area contributed by atoms with Crippen molar-refractivity contribution in [1.29, 1.82) is 0 Å². The quantitative estimate of drug-likeness (QED) is 0.474. The van der Waals surface area contributed by atoms with Gasteiger partial charge in [-0.3, -0.25) is 0 Å². The maximum Gasteiger partial charge on any atom is 0.330 e. The van der Waals surface area contributed by atoms with Crippen LogP contribution in [0.5, 0.6) is 0 Å². The van der Waals surface area contributed by atoms with E-state index in [2.05, 4.69) is 6.08 Å². The predicted molar refractivity (Wildman–Crippen MR) is 47.7 cm³/mol. The zero-order valence-corrected chi connectivity index (χ0v) is 7.32. The third kappa shape index (κ3) is 2.91. The largest absolute Gasteiger partial charge is 0.459 e. The van der Waals surface area contributed by atoms with Gasteiger partial charge in [-0.15, -0.1) is 0 Å². The standard InChI is InChI=1S/C10H14O2/c1-2-3-4-6-9-7-5-8-10(11)12-9/h2-3,5,8-9H,4,6-7H2,1H3/b3-2-/t9-/m1/s1. The summed E-state index contributed by atoms with van der Waals surface area (Å²) in [6.45, 7) is 1.99. The molecule has 2 heteroatoms. The molecule has 0 amide bonds. The molecule has 0 aromatic rings. The molecule has 0 N–H and O–H groups in total. The summed E-state index contributed by atoms with van der Waals surface area (Å²) in [5.74, 6) is -0.202. The van der Waals surface area contributed by atoms with E-state index in [0.717, 1.165) is 19.3 Å². The molecule has 1 heterocycles. The third-order valence-electron chi connectivity index (χ3n) is 1.83. The average molecular weight is 166 g/mol. The van der Waals surface area contributed by atoms with Crippen molar-refractivity contribution in [3.63, 3.8) is 0 Å². The van der Waals surface area contributed by atoms with E-state index in [-0.39, 0.29) is 12.1 Å². The summed E-state index contributed by atoms with van der Waals surface area (Å²) in [7, 11) is 0. The molecule has 0 saturated heterocycles.